The Bertz CT molecular complexity index is 54.9. The second-order valence-corrected chi connectivity index (χ2v) is 1.27. The smallest absolute Gasteiger partial charge is 0.289 e. The lowest BCUT2D eigenvalue weighted by Crippen LogP contribution is -2.17. The fourth-order valence-corrected chi connectivity index (χ4v) is 0.481. The molecule has 1 saturated heterocycles. The predicted molar refractivity (Wildman–Crippen MR) is 25.4 cm³/mol. The average Bonchev–Trinajstić information content (AvgIpc) is 2.14. The van der Waals surface area contributed by atoms with Crippen LogP contribution in [0.15, 0.2) is 0 Å². The lowest BCUT2D eigenvalue weighted by molar-refractivity contribution is -0.275. The van der Waals surface area contributed by atoms with Crippen molar-refractivity contribution in [2.75, 3.05) is 13.7 Å². The molecule has 0 N–H and O–H groups in total. The highest BCUT2D eigenvalue weighted by molar-refractivity contribution is 6.31. The Kier molecular flexibility index (Phi) is 1.67. The molecule has 0 unspecified atom stereocenters. The second kappa shape index (κ2) is 2.30. The first-order valence-electron chi connectivity index (χ1n) is 2.23. The molecule has 3 nitrogen and oxygen atoms in total. The van der Waals surface area contributed by atoms with Gasteiger partial charge in [0.15, 0.2) is 0 Å². The first-order valence-corrected chi connectivity index (χ1v) is 2.23. The Morgan fingerprint density at radius 3 is 3.00 bits per heavy atom. The van der Waals surface area contributed by atoms with E-state index in [9.17, 15) is 0 Å². The molecular weight excluding hydrogens is 92.8 g/mol. The zero-order chi connectivity index (χ0) is 5.11. The molecule has 1 radical (unpaired) electrons. The fraction of sp³-hybridized carbons (Fsp3) is 1.00. The molecule has 1 heterocycles. The van der Waals surface area contributed by atoms with Crippen LogP contribution in [0.25, 0.3) is 0 Å². The summed E-state index contributed by atoms with van der Waals surface area (Å²) >= 11 is 0. The van der Waals surface area contributed by atoms with Gasteiger partial charge in [-0.25, -0.2) is 0 Å². The molecule has 39 valence electrons. The molecule has 0 spiro atoms. The van der Waals surface area contributed by atoms with Crippen molar-refractivity contribution in [3.63, 3.8) is 0 Å². The van der Waals surface area contributed by atoms with E-state index in [0.29, 0.717) is 0 Å². The zero-order valence-corrected chi connectivity index (χ0v) is 4.26. The van der Waals surface area contributed by atoms with Crippen molar-refractivity contribution in [3.8, 4) is 0 Å². The first kappa shape index (κ1) is 5.09. The van der Waals surface area contributed by atoms with Gasteiger partial charge in [0.05, 0.1) is 13.7 Å². The van der Waals surface area contributed by atoms with E-state index in [0.717, 1.165) is 12.9 Å². The van der Waals surface area contributed by atoms with Crippen LogP contribution in [-0.4, -0.2) is 26.3 Å². The second-order valence-electron chi connectivity index (χ2n) is 1.27. The largest absolute Gasteiger partial charge is 0.291 e. The summed E-state index contributed by atoms with van der Waals surface area (Å²) in [4.78, 5) is 9.52. The Morgan fingerprint density at radius 2 is 2.71 bits per heavy atom. The third-order valence-corrected chi connectivity index (χ3v) is 0.794. The van der Waals surface area contributed by atoms with Crippen molar-refractivity contribution in [1.29, 1.82) is 0 Å². The van der Waals surface area contributed by atoms with Gasteiger partial charge < -0.3 is 0 Å². The van der Waals surface area contributed by atoms with E-state index >= 15 is 0 Å². The minimum absolute atomic E-state index is 0.744. The van der Waals surface area contributed by atoms with Crippen molar-refractivity contribution in [3.05, 3.63) is 0 Å². The third-order valence-electron chi connectivity index (χ3n) is 0.794. The molecule has 0 aliphatic carbocycles. The number of nitrogens with zero attached hydrogens (tertiary/aromatic N) is 1. The maximum absolute atomic E-state index is 4.86. The zero-order valence-electron chi connectivity index (χ0n) is 4.26. The van der Waals surface area contributed by atoms with E-state index in [1.807, 2.05) is 7.41 Å². The highest BCUT2D eigenvalue weighted by Crippen LogP contribution is 2.00. The van der Waals surface area contributed by atoms with Gasteiger partial charge in [0.1, 0.15) is 0 Å². The molecule has 0 bridgehead atoms. The van der Waals surface area contributed by atoms with E-state index in [4.69, 9.17) is 4.84 Å². The lowest BCUT2D eigenvalue weighted by Gasteiger charge is -2.07. The van der Waals surface area contributed by atoms with Gasteiger partial charge in [-0.1, -0.05) is 0 Å². The van der Waals surface area contributed by atoms with Crippen molar-refractivity contribution >= 4 is 7.41 Å². The van der Waals surface area contributed by atoms with Crippen LogP contribution >= 0.6 is 0 Å². The SMILES string of the molecule is CON1[B]CCO1. The van der Waals surface area contributed by atoms with Crippen molar-refractivity contribution in [1.82, 2.24) is 5.14 Å². The number of hydrogen-bond acceptors (Lipinski definition) is 3. The molecule has 1 aliphatic rings. The first-order chi connectivity index (χ1) is 3.43. The van der Waals surface area contributed by atoms with Gasteiger partial charge in [-0.2, -0.15) is 0 Å². The van der Waals surface area contributed by atoms with E-state index in [1.165, 1.54) is 5.14 Å². The normalized spacial score (nSPS) is 22.4. The molecule has 1 rings (SSSR count). The summed E-state index contributed by atoms with van der Waals surface area (Å²) in [6, 6.07) is 0. The number of rotatable bonds is 1. The van der Waals surface area contributed by atoms with Gasteiger partial charge in [-0.3, -0.25) is 9.68 Å². The number of hydrogen-bond donors (Lipinski definition) is 0. The van der Waals surface area contributed by atoms with Crippen LogP contribution < -0.4 is 0 Å². The summed E-state index contributed by atoms with van der Waals surface area (Å²) in [5.74, 6) is 0. The van der Waals surface area contributed by atoms with Crippen LogP contribution in [-0.2, 0) is 9.68 Å². The summed E-state index contributed by atoms with van der Waals surface area (Å²) in [5.41, 5.74) is 0. The Balaban J connectivity index is 2.14. The molecule has 0 aromatic rings. The molecule has 0 aromatic heterocycles. The summed E-state index contributed by atoms with van der Waals surface area (Å²) in [5, 5.41) is 1.36. The molecular formula is C3H7BNO2. The maximum atomic E-state index is 4.86. The molecule has 4 heteroatoms. The van der Waals surface area contributed by atoms with Crippen LogP contribution in [0.5, 0.6) is 0 Å². The van der Waals surface area contributed by atoms with E-state index in [2.05, 4.69) is 4.84 Å². The lowest BCUT2D eigenvalue weighted by atomic mass is 9.93. The molecule has 0 aromatic carbocycles. The van der Waals surface area contributed by atoms with Crippen LogP contribution in [0.1, 0.15) is 0 Å². The van der Waals surface area contributed by atoms with Gasteiger partial charge in [-0.05, 0) is 6.32 Å². The molecule has 1 fully saturated rings. The Morgan fingerprint density at radius 1 is 1.86 bits per heavy atom. The Labute approximate surface area is 43.4 Å². The van der Waals surface area contributed by atoms with Gasteiger partial charge in [0, 0.05) is 0 Å². The average molecular weight is 99.9 g/mol. The third kappa shape index (κ3) is 1.16. The van der Waals surface area contributed by atoms with Crippen LogP contribution in [0.4, 0.5) is 0 Å². The minimum atomic E-state index is 0.744. The standard InChI is InChI=1S/C3H7BNO2/c1-6-5-4-2-3-7-5/h2-3H2,1H3. The van der Waals surface area contributed by atoms with Crippen molar-refractivity contribution in [2.45, 2.75) is 6.32 Å². The molecule has 0 amide bonds. The van der Waals surface area contributed by atoms with Gasteiger partial charge in [0.2, 0.25) is 0 Å². The topological polar surface area (TPSA) is 21.7 Å². The van der Waals surface area contributed by atoms with Crippen LogP contribution in [0.2, 0.25) is 6.32 Å². The van der Waals surface area contributed by atoms with Gasteiger partial charge >= 0.3 is 0 Å². The molecule has 1 aliphatic heterocycles. The highest BCUT2D eigenvalue weighted by atomic mass is 16.9. The van der Waals surface area contributed by atoms with Crippen molar-refractivity contribution < 1.29 is 9.68 Å². The summed E-state index contributed by atoms with van der Waals surface area (Å²) in [6.07, 6.45) is 0.952. The van der Waals surface area contributed by atoms with Gasteiger partial charge in [-0.15, -0.1) is 5.14 Å². The highest BCUT2D eigenvalue weighted by Gasteiger charge is 2.12. The van der Waals surface area contributed by atoms with Crippen LogP contribution in [0, 0.1) is 0 Å². The minimum Gasteiger partial charge on any atom is -0.291 e. The van der Waals surface area contributed by atoms with Crippen molar-refractivity contribution in [2.24, 2.45) is 0 Å². The molecule has 0 atom stereocenters. The summed E-state index contributed by atoms with van der Waals surface area (Å²) in [7, 11) is 3.42. The van der Waals surface area contributed by atoms with Crippen LogP contribution in [0.3, 0.4) is 0 Å². The summed E-state index contributed by atoms with van der Waals surface area (Å²) in [6.45, 7) is 0.744. The molecule has 7 heavy (non-hydrogen) atoms. The van der Waals surface area contributed by atoms with E-state index in [-0.39, 0.29) is 0 Å². The van der Waals surface area contributed by atoms with E-state index < -0.39 is 0 Å². The monoisotopic (exact) mass is 100 g/mol. The summed E-state index contributed by atoms with van der Waals surface area (Å²) < 4.78 is 0. The Hall–Kier alpha value is -0.0551. The quantitative estimate of drug-likeness (QED) is 0.427. The fourth-order valence-electron chi connectivity index (χ4n) is 0.481. The maximum Gasteiger partial charge on any atom is 0.289 e. The molecule has 0 saturated carbocycles. The van der Waals surface area contributed by atoms with Gasteiger partial charge in [0.25, 0.3) is 7.41 Å². The van der Waals surface area contributed by atoms with E-state index in [1.54, 1.807) is 7.11 Å². The predicted octanol–water partition coefficient (Wildman–Crippen LogP) is -0.167.